The molecule has 0 saturated carbocycles. The van der Waals surface area contributed by atoms with Gasteiger partial charge in [-0.25, -0.2) is 0 Å². The minimum absolute atomic E-state index is 0.119. The molecule has 1 amide bonds. The van der Waals surface area contributed by atoms with E-state index < -0.39 is 0 Å². The molecule has 0 bridgehead atoms. The normalized spacial score (nSPS) is 12.2. The molecule has 112 valence electrons. The van der Waals surface area contributed by atoms with E-state index in [1.165, 1.54) is 5.56 Å². The summed E-state index contributed by atoms with van der Waals surface area (Å²) in [5.74, 6) is 0.611. The number of carbonyl (C=O) groups is 1. The van der Waals surface area contributed by atoms with Crippen LogP contribution in [-0.2, 0) is 4.79 Å². The van der Waals surface area contributed by atoms with Gasteiger partial charge in [-0.3, -0.25) is 4.79 Å². The smallest absolute Gasteiger partial charge is 0.230 e. The highest BCUT2D eigenvalue weighted by atomic mass is 32.2. The highest BCUT2D eigenvalue weighted by molar-refractivity contribution is 8.00. The maximum Gasteiger partial charge on any atom is 0.230 e. The van der Waals surface area contributed by atoms with Crippen LogP contribution in [-0.4, -0.2) is 24.7 Å². The van der Waals surface area contributed by atoms with E-state index in [4.69, 9.17) is 0 Å². The van der Waals surface area contributed by atoms with Gasteiger partial charge in [-0.1, -0.05) is 32.4 Å². The van der Waals surface area contributed by atoms with E-state index >= 15 is 0 Å². The molecule has 3 nitrogen and oxygen atoms in total. The minimum atomic E-state index is 0.119. The molecular weight excluding hydrogens is 268 g/mol. The lowest BCUT2D eigenvalue weighted by Gasteiger charge is -2.13. The van der Waals surface area contributed by atoms with Crippen molar-refractivity contribution in [1.29, 1.82) is 0 Å². The van der Waals surface area contributed by atoms with Gasteiger partial charge in [0.05, 0.1) is 5.75 Å². The van der Waals surface area contributed by atoms with Crippen LogP contribution in [0.1, 0.15) is 45.2 Å². The van der Waals surface area contributed by atoms with Gasteiger partial charge in [-0.05, 0) is 37.6 Å². The van der Waals surface area contributed by atoms with Crippen molar-refractivity contribution in [3.63, 3.8) is 0 Å². The zero-order valence-corrected chi connectivity index (χ0v) is 13.6. The van der Waals surface area contributed by atoms with Crippen LogP contribution < -0.4 is 10.6 Å². The third-order valence-corrected chi connectivity index (χ3v) is 4.12. The summed E-state index contributed by atoms with van der Waals surface area (Å²) in [5.41, 5.74) is 1.28. The molecule has 1 aromatic rings. The third kappa shape index (κ3) is 6.44. The topological polar surface area (TPSA) is 41.1 Å². The van der Waals surface area contributed by atoms with Gasteiger partial charge in [0.25, 0.3) is 0 Å². The molecule has 2 N–H and O–H groups in total. The minimum Gasteiger partial charge on any atom is -0.355 e. The van der Waals surface area contributed by atoms with Crippen LogP contribution in [0.3, 0.4) is 0 Å². The highest BCUT2D eigenvalue weighted by Crippen LogP contribution is 2.20. The predicted molar refractivity (Wildman–Crippen MR) is 87.2 cm³/mol. The predicted octanol–water partition coefficient (Wildman–Crippen LogP) is 3.37. The van der Waals surface area contributed by atoms with Gasteiger partial charge in [-0.2, -0.15) is 0 Å². The molecule has 1 atom stereocenters. The first-order chi connectivity index (χ1) is 9.67. The van der Waals surface area contributed by atoms with Gasteiger partial charge in [0.1, 0.15) is 0 Å². The molecule has 0 radical (unpaired) electrons. The standard InChI is InChI=1S/C16H26N2OS/c1-4-6-11-18-16(19)12-20-15-9-7-14(8-10-15)13(3)17-5-2/h7-10,13,17H,4-6,11-12H2,1-3H3,(H,18,19). The quantitative estimate of drug-likeness (QED) is 0.542. The highest BCUT2D eigenvalue weighted by Gasteiger charge is 2.05. The first kappa shape index (κ1) is 17.1. The lowest BCUT2D eigenvalue weighted by atomic mass is 10.1. The largest absolute Gasteiger partial charge is 0.355 e. The summed E-state index contributed by atoms with van der Waals surface area (Å²) in [7, 11) is 0. The van der Waals surface area contributed by atoms with Crippen LogP contribution in [0.15, 0.2) is 29.2 Å². The molecule has 0 aliphatic rings. The molecule has 1 rings (SSSR count). The van der Waals surface area contributed by atoms with Crippen molar-refractivity contribution in [2.24, 2.45) is 0 Å². The first-order valence-corrected chi connectivity index (χ1v) is 8.38. The molecule has 20 heavy (non-hydrogen) atoms. The second-order valence-electron chi connectivity index (χ2n) is 4.84. The first-order valence-electron chi connectivity index (χ1n) is 7.40. The van der Waals surface area contributed by atoms with Crippen molar-refractivity contribution >= 4 is 17.7 Å². The van der Waals surface area contributed by atoms with Crippen LogP contribution in [0.2, 0.25) is 0 Å². The fraction of sp³-hybridized carbons (Fsp3) is 0.562. The number of benzene rings is 1. The van der Waals surface area contributed by atoms with Gasteiger partial charge in [0.2, 0.25) is 5.91 Å². The summed E-state index contributed by atoms with van der Waals surface area (Å²) >= 11 is 1.59. The van der Waals surface area contributed by atoms with E-state index in [1.54, 1.807) is 11.8 Å². The molecule has 0 spiro atoms. The Kier molecular flexibility index (Phi) is 8.38. The van der Waals surface area contributed by atoms with Crippen LogP contribution in [0, 0.1) is 0 Å². The lowest BCUT2D eigenvalue weighted by Crippen LogP contribution is -2.25. The molecule has 0 aliphatic heterocycles. The molecule has 0 aliphatic carbocycles. The van der Waals surface area contributed by atoms with Crippen molar-refractivity contribution in [1.82, 2.24) is 10.6 Å². The van der Waals surface area contributed by atoms with Gasteiger partial charge >= 0.3 is 0 Å². The summed E-state index contributed by atoms with van der Waals surface area (Å²) in [6, 6.07) is 8.81. The summed E-state index contributed by atoms with van der Waals surface area (Å²) in [6.07, 6.45) is 2.16. The zero-order valence-electron chi connectivity index (χ0n) is 12.7. The molecular formula is C16H26N2OS. The van der Waals surface area contributed by atoms with Crippen molar-refractivity contribution in [3.8, 4) is 0 Å². The van der Waals surface area contributed by atoms with E-state index in [1.807, 2.05) is 0 Å². The third-order valence-electron chi connectivity index (χ3n) is 3.11. The molecule has 0 aromatic heterocycles. The van der Waals surface area contributed by atoms with Crippen LogP contribution in [0.25, 0.3) is 0 Å². The molecule has 0 saturated heterocycles. The van der Waals surface area contributed by atoms with Crippen molar-refractivity contribution in [2.45, 2.75) is 44.6 Å². The summed E-state index contributed by atoms with van der Waals surface area (Å²) in [5, 5.41) is 6.32. The number of nitrogens with one attached hydrogen (secondary N) is 2. The fourth-order valence-electron chi connectivity index (χ4n) is 1.88. The number of rotatable bonds is 9. The van der Waals surface area contributed by atoms with E-state index in [2.05, 4.69) is 55.7 Å². The maximum absolute atomic E-state index is 11.6. The Morgan fingerprint density at radius 3 is 2.55 bits per heavy atom. The maximum atomic E-state index is 11.6. The van der Waals surface area contributed by atoms with Crippen molar-refractivity contribution in [2.75, 3.05) is 18.8 Å². The average molecular weight is 294 g/mol. The zero-order chi connectivity index (χ0) is 14.8. The second kappa shape index (κ2) is 9.83. The summed E-state index contributed by atoms with van der Waals surface area (Å²) in [6.45, 7) is 8.15. The average Bonchev–Trinajstić information content (AvgIpc) is 2.46. The lowest BCUT2D eigenvalue weighted by molar-refractivity contribution is -0.118. The fourth-order valence-corrected chi connectivity index (χ4v) is 2.61. The SMILES string of the molecule is CCCCNC(=O)CSc1ccc(C(C)NCC)cc1. The second-order valence-corrected chi connectivity index (χ2v) is 5.89. The number of hydrogen-bond donors (Lipinski definition) is 2. The Labute approximate surface area is 126 Å². The van der Waals surface area contributed by atoms with Crippen molar-refractivity contribution < 1.29 is 4.79 Å². The Morgan fingerprint density at radius 1 is 1.25 bits per heavy atom. The summed E-state index contributed by atoms with van der Waals surface area (Å²) in [4.78, 5) is 12.8. The Morgan fingerprint density at radius 2 is 1.95 bits per heavy atom. The van der Waals surface area contributed by atoms with Gasteiger partial charge in [0, 0.05) is 17.5 Å². The van der Waals surface area contributed by atoms with Crippen LogP contribution >= 0.6 is 11.8 Å². The molecule has 1 aromatic carbocycles. The van der Waals surface area contributed by atoms with E-state index in [0.717, 1.165) is 30.8 Å². The molecule has 4 heteroatoms. The molecule has 1 unspecified atom stereocenters. The van der Waals surface area contributed by atoms with Gasteiger partial charge in [-0.15, -0.1) is 11.8 Å². The molecule has 0 heterocycles. The Bertz CT molecular complexity index is 392. The molecule has 0 fully saturated rings. The monoisotopic (exact) mass is 294 g/mol. The van der Waals surface area contributed by atoms with Gasteiger partial charge < -0.3 is 10.6 Å². The number of amides is 1. The summed E-state index contributed by atoms with van der Waals surface area (Å²) < 4.78 is 0. The number of hydrogen-bond acceptors (Lipinski definition) is 3. The number of unbranched alkanes of at least 4 members (excludes halogenated alkanes) is 1. The van der Waals surface area contributed by atoms with Crippen molar-refractivity contribution in [3.05, 3.63) is 29.8 Å². The van der Waals surface area contributed by atoms with E-state index in [9.17, 15) is 4.79 Å². The number of thioether (sulfide) groups is 1. The number of carbonyl (C=O) groups excluding carboxylic acids is 1. The van der Waals surface area contributed by atoms with Crippen LogP contribution in [0.5, 0.6) is 0 Å². The van der Waals surface area contributed by atoms with Gasteiger partial charge in [0.15, 0.2) is 0 Å². The van der Waals surface area contributed by atoms with E-state index in [-0.39, 0.29) is 5.91 Å². The Hall–Kier alpha value is -1.00. The van der Waals surface area contributed by atoms with Crippen LogP contribution in [0.4, 0.5) is 0 Å². The Balaban J connectivity index is 2.36. The van der Waals surface area contributed by atoms with E-state index in [0.29, 0.717) is 11.8 Å².